The Morgan fingerprint density at radius 1 is 1.33 bits per heavy atom. The van der Waals surface area contributed by atoms with Crippen molar-refractivity contribution in [3.63, 3.8) is 0 Å². The van der Waals surface area contributed by atoms with Crippen LogP contribution >= 0.6 is 11.6 Å². The van der Waals surface area contributed by atoms with Gasteiger partial charge in [-0.1, -0.05) is 11.6 Å². The summed E-state index contributed by atoms with van der Waals surface area (Å²) in [6.07, 6.45) is 0.451. The third-order valence-electron chi connectivity index (χ3n) is 3.09. The van der Waals surface area contributed by atoms with Crippen LogP contribution in [0.4, 0.5) is 5.69 Å². The Kier molecular flexibility index (Phi) is 4.55. The fourth-order valence-electron chi connectivity index (χ4n) is 1.99. The SMILES string of the molecule is N#Cc1ccc(NC(=O)CCN2C(=O)CCC2=O)cc1Cl. The quantitative estimate of drug-likeness (QED) is 0.857. The Labute approximate surface area is 126 Å². The summed E-state index contributed by atoms with van der Waals surface area (Å²) in [4.78, 5) is 35.7. The number of nitrogens with zero attached hydrogens (tertiary/aromatic N) is 2. The highest BCUT2D eigenvalue weighted by molar-refractivity contribution is 6.32. The minimum atomic E-state index is -0.330. The van der Waals surface area contributed by atoms with E-state index in [-0.39, 0.29) is 48.6 Å². The molecular formula is C14H12ClN3O3. The Bertz CT molecular complexity index is 635. The molecule has 0 saturated carbocycles. The summed E-state index contributed by atoms with van der Waals surface area (Å²) in [7, 11) is 0. The zero-order valence-electron chi connectivity index (χ0n) is 11.1. The molecular weight excluding hydrogens is 294 g/mol. The summed E-state index contributed by atoms with van der Waals surface area (Å²) in [5.74, 6) is -0.813. The van der Waals surface area contributed by atoms with Crippen molar-refractivity contribution in [1.82, 2.24) is 4.90 Å². The maximum Gasteiger partial charge on any atom is 0.229 e. The predicted molar refractivity (Wildman–Crippen MR) is 75.4 cm³/mol. The molecule has 1 aromatic rings. The first-order chi connectivity index (χ1) is 10.0. The van der Waals surface area contributed by atoms with Crippen LogP contribution < -0.4 is 5.32 Å². The number of nitriles is 1. The first-order valence-electron chi connectivity index (χ1n) is 6.34. The number of amides is 3. The summed E-state index contributed by atoms with van der Waals surface area (Å²) in [6.45, 7) is 0.0769. The zero-order chi connectivity index (χ0) is 15.4. The molecule has 3 amide bonds. The van der Waals surface area contributed by atoms with E-state index in [0.717, 1.165) is 4.90 Å². The van der Waals surface area contributed by atoms with E-state index in [1.807, 2.05) is 6.07 Å². The van der Waals surface area contributed by atoms with Crippen molar-refractivity contribution >= 4 is 35.0 Å². The molecule has 1 aliphatic heterocycles. The maximum absolute atomic E-state index is 11.8. The van der Waals surface area contributed by atoms with Gasteiger partial charge in [0, 0.05) is 31.5 Å². The van der Waals surface area contributed by atoms with Gasteiger partial charge in [0.15, 0.2) is 0 Å². The summed E-state index contributed by atoms with van der Waals surface area (Å²) in [5.41, 5.74) is 0.783. The van der Waals surface area contributed by atoms with Crippen LogP contribution in [0.25, 0.3) is 0 Å². The molecule has 0 aromatic heterocycles. The molecule has 0 radical (unpaired) electrons. The second kappa shape index (κ2) is 6.37. The molecule has 1 N–H and O–H groups in total. The molecule has 0 bridgehead atoms. The van der Waals surface area contributed by atoms with Gasteiger partial charge in [0.2, 0.25) is 17.7 Å². The number of nitrogens with one attached hydrogen (secondary N) is 1. The molecule has 0 spiro atoms. The topological polar surface area (TPSA) is 90.3 Å². The summed E-state index contributed by atoms with van der Waals surface area (Å²) >= 11 is 5.86. The van der Waals surface area contributed by atoms with Crippen LogP contribution in [0.3, 0.4) is 0 Å². The lowest BCUT2D eigenvalue weighted by Crippen LogP contribution is -2.32. The number of hydrogen-bond donors (Lipinski definition) is 1. The van der Waals surface area contributed by atoms with E-state index in [0.29, 0.717) is 11.3 Å². The molecule has 1 aromatic carbocycles. The van der Waals surface area contributed by atoms with Crippen LogP contribution in [0.1, 0.15) is 24.8 Å². The van der Waals surface area contributed by atoms with Crippen LogP contribution in [-0.4, -0.2) is 29.2 Å². The number of carbonyl (C=O) groups excluding carboxylic acids is 3. The van der Waals surface area contributed by atoms with Crippen LogP contribution in [0, 0.1) is 11.3 Å². The molecule has 0 aliphatic carbocycles. The van der Waals surface area contributed by atoms with Crippen molar-refractivity contribution in [1.29, 1.82) is 5.26 Å². The van der Waals surface area contributed by atoms with Gasteiger partial charge in [0.1, 0.15) is 6.07 Å². The molecule has 0 atom stereocenters. The van der Waals surface area contributed by atoms with Crippen molar-refractivity contribution in [3.8, 4) is 6.07 Å². The number of carbonyl (C=O) groups is 3. The van der Waals surface area contributed by atoms with Gasteiger partial charge in [0.05, 0.1) is 10.6 Å². The molecule has 6 nitrogen and oxygen atoms in total. The van der Waals surface area contributed by atoms with Gasteiger partial charge in [0.25, 0.3) is 0 Å². The standard InChI is InChI=1S/C14H12ClN3O3/c15-11-7-10(2-1-9(11)8-16)17-12(19)5-6-18-13(20)3-4-14(18)21/h1-2,7H,3-6H2,(H,17,19). The molecule has 1 aliphatic rings. The minimum absolute atomic E-state index is 0.0229. The van der Waals surface area contributed by atoms with E-state index in [1.54, 1.807) is 6.07 Å². The fourth-order valence-corrected chi connectivity index (χ4v) is 2.22. The predicted octanol–water partition coefficient (Wildman–Crippen LogP) is 1.69. The van der Waals surface area contributed by atoms with E-state index in [2.05, 4.69) is 5.32 Å². The highest BCUT2D eigenvalue weighted by Crippen LogP contribution is 2.20. The van der Waals surface area contributed by atoms with Crippen LogP contribution in [0.5, 0.6) is 0 Å². The Balaban J connectivity index is 1.90. The monoisotopic (exact) mass is 305 g/mol. The Morgan fingerprint density at radius 3 is 2.57 bits per heavy atom. The molecule has 7 heteroatoms. The molecule has 2 rings (SSSR count). The van der Waals surface area contributed by atoms with E-state index in [4.69, 9.17) is 16.9 Å². The fraction of sp³-hybridized carbons (Fsp3) is 0.286. The highest BCUT2D eigenvalue weighted by atomic mass is 35.5. The van der Waals surface area contributed by atoms with E-state index < -0.39 is 0 Å². The second-order valence-corrected chi connectivity index (χ2v) is 4.95. The van der Waals surface area contributed by atoms with Gasteiger partial charge in [-0.3, -0.25) is 19.3 Å². The van der Waals surface area contributed by atoms with Crippen molar-refractivity contribution in [2.45, 2.75) is 19.3 Å². The number of benzene rings is 1. The minimum Gasteiger partial charge on any atom is -0.326 e. The van der Waals surface area contributed by atoms with Crippen molar-refractivity contribution in [2.75, 3.05) is 11.9 Å². The van der Waals surface area contributed by atoms with Crippen molar-refractivity contribution in [3.05, 3.63) is 28.8 Å². The highest BCUT2D eigenvalue weighted by Gasteiger charge is 2.28. The normalized spacial score (nSPS) is 14.2. The van der Waals surface area contributed by atoms with Gasteiger partial charge in [-0.15, -0.1) is 0 Å². The number of halogens is 1. The summed E-state index contributed by atoms with van der Waals surface area (Å²) in [6, 6.07) is 6.47. The van der Waals surface area contributed by atoms with Crippen molar-refractivity contribution < 1.29 is 14.4 Å². The zero-order valence-corrected chi connectivity index (χ0v) is 11.8. The maximum atomic E-state index is 11.8. The first-order valence-corrected chi connectivity index (χ1v) is 6.72. The lowest BCUT2D eigenvalue weighted by Gasteiger charge is -2.13. The lowest BCUT2D eigenvalue weighted by atomic mass is 10.2. The van der Waals surface area contributed by atoms with Gasteiger partial charge in [-0.05, 0) is 18.2 Å². The summed E-state index contributed by atoms with van der Waals surface area (Å²) < 4.78 is 0. The van der Waals surface area contributed by atoms with Gasteiger partial charge in [-0.25, -0.2) is 0 Å². The number of hydrogen-bond acceptors (Lipinski definition) is 4. The molecule has 1 fully saturated rings. The summed E-state index contributed by atoms with van der Waals surface area (Å²) in [5, 5.41) is 11.6. The Hall–Kier alpha value is -2.39. The first kappa shape index (κ1) is 15.0. The van der Waals surface area contributed by atoms with Crippen LogP contribution in [-0.2, 0) is 14.4 Å². The smallest absolute Gasteiger partial charge is 0.229 e. The molecule has 108 valence electrons. The van der Waals surface area contributed by atoms with E-state index in [9.17, 15) is 14.4 Å². The van der Waals surface area contributed by atoms with Crippen LogP contribution in [0.15, 0.2) is 18.2 Å². The number of imide groups is 1. The molecule has 21 heavy (non-hydrogen) atoms. The largest absolute Gasteiger partial charge is 0.326 e. The van der Waals surface area contributed by atoms with E-state index >= 15 is 0 Å². The average Bonchev–Trinajstić information content (AvgIpc) is 2.76. The van der Waals surface area contributed by atoms with Crippen LogP contribution in [0.2, 0.25) is 5.02 Å². The number of anilines is 1. The number of rotatable bonds is 4. The van der Waals surface area contributed by atoms with E-state index in [1.165, 1.54) is 12.1 Å². The van der Waals surface area contributed by atoms with Gasteiger partial charge in [-0.2, -0.15) is 5.26 Å². The molecule has 1 heterocycles. The second-order valence-electron chi connectivity index (χ2n) is 4.54. The number of likely N-dealkylation sites (tertiary alicyclic amines) is 1. The van der Waals surface area contributed by atoms with Gasteiger partial charge < -0.3 is 5.32 Å². The van der Waals surface area contributed by atoms with Crippen molar-refractivity contribution in [2.24, 2.45) is 0 Å². The molecule has 0 unspecified atom stereocenters. The third kappa shape index (κ3) is 3.58. The Morgan fingerprint density at radius 2 is 2.00 bits per heavy atom. The lowest BCUT2D eigenvalue weighted by molar-refractivity contribution is -0.138. The average molecular weight is 306 g/mol. The molecule has 1 saturated heterocycles. The third-order valence-corrected chi connectivity index (χ3v) is 3.40. The van der Waals surface area contributed by atoms with Gasteiger partial charge >= 0.3 is 0 Å².